The zero-order chi connectivity index (χ0) is 21.1. The number of imidazole rings is 1. The molecule has 2 aromatic heterocycles. The Morgan fingerprint density at radius 1 is 1.03 bits per heavy atom. The molecule has 0 aliphatic carbocycles. The van der Waals surface area contributed by atoms with Crippen LogP contribution in [0.1, 0.15) is 36.8 Å². The number of anilines is 1. The average molecular weight is 403 g/mol. The van der Waals surface area contributed by atoms with Crippen LogP contribution < -0.4 is 11.1 Å². The summed E-state index contributed by atoms with van der Waals surface area (Å²) in [6.45, 7) is 4.40. The Hall–Kier alpha value is -3.29. The number of hydrogen-bond donors (Lipinski definition) is 3. The second-order valence-electron chi connectivity index (χ2n) is 7.65. The number of nitrogens with zero attached hydrogens (tertiary/aromatic N) is 4. The molecule has 2 heterocycles. The van der Waals surface area contributed by atoms with Crippen molar-refractivity contribution in [2.45, 2.75) is 32.0 Å². The minimum absolute atomic E-state index is 0.165. The van der Waals surface area contributed by atoms with Gasteiger partial charge in [0.25, 0.3) is 0 Å². The SMILES string of the molecule is CC(C)n1cnc2c(NCc3ccccc3)nc(C(N)(CO)c3ccccc3)nc21. The predicted octanol–water partition coefficient (Wildman–Crippen LogP) is 3.21. The highest BCUT2D eigenvalue weighted by Gasteiger charge is 2.34. The van der Waals surface area contributed by atoms with Crippen molar-refractivity contribution in [2.24, 2.45) is 5.73 Å². The number of nitrogens with one attached hydrogen (secondary N) is 1. The smallest absolute Gasteiger partial charge is 0.166 e. The Morgan fingerprint density at radius 3 is 2.33 bits per heavy atom. The first-order chi connectivity index (χ1) is 14.5. The lowest BCUT2D eigenvalue weighted by atomic mass is 9.91. The molecule has 0 aliphatic heterocycles. The van der Waals surface area contributed by atoms with E-state index in [1.807, 2.05) is 65.2 Å². The molecule has 0 fully saturated rings. The van der Waals surface area contributed by atoms with Gasteiger partial charge in [0.2, 0.25) is 0 Å². The van der Waals surface area contributed by atoms with Crippen LogP contribution in [0.25, 0.3) is 11.2 Å². The molecular weight excluding hydrogens is 376 g/mol. The van der Waals surface area contributed by atoms with E-state index < -0.39 is 5.54 Å². The van der Waals surface area contributed by atoms with Gasteiger partial charge in [-0.3, -0.25) is 0 Å². The zero-order valence-corrected chi connectivity index (χ0v) is 17.2. The van der Waals surface area contributed by atoms with Gasteiger partial charge in [0.15, 0.2) is 17.3 Å². The highest BCUT2D eigenvalue weighted by Crippen LogP contribution is 2.29. The summed E-state index contributed by atoms with van der Waals surface area (Å²) in [6.07, 6.45) is 1.77. The van der Waals surface area contributed by atoms with Gasteiger partial charge in [0.05, 0.1) is 12.9 Å². The molecule has 4 N–H and O–H groups in total. The Morgan fingerprint density at radius 2 is 1.70 bits per heavy atom. The third-order valence-electron chi connectivity index (χ3n) is 5.22. The lowest BCUT2D eigenvalue weighted by Gasteiger charge is -2.27. The molecule has 0 bridgehead atoms. The molecule has 0 saturated heterocycles. The minimum atomic E-state index is -1.23. The second kappa shape index (κ2) is 8.22. The lowest BCUT2D eigenvalue weighted by Crippen LogP contribution is -2.43. The van der Waals surface area contributed by atoms with E-state index in [-0.39, 0.29) is 12.6 Å². The number of rotatable bonds is 7. The summed E-state index contributed by atoms with van der Waals surface area (Å²) in [5.74, 6) is 0.944. The van der Waals surface area contributed by atoms with Gasteiger partial charge in [0.1, 0.15) is 11.1 Å². The average Bonchev–Trinajstić information content (AvgIpc) is 3.23. The van der Waals surface area contributed by atoms with Crippen molar-refractivity contribution in [3.05, 3.63) is 83.9 Å². The summed E-state index contributed by atoms with van der Waals surface area (Å²) in [7, 11) is 0. The highest BCUT2D eigenvalue weighted by atomic mass is 16.3. The van der Waals surface area contributed by atoms with Crippen LogP contribution in [-0.2, 0) is 12.1 Å². The molecule has 1 unspecified atom stereocenters. The minimum Gasteiger partial charge on any atom is -0.394 e. The molecular formula is C23H26N6O. The third kappa shape index (κ3) is 3.65. The van der Waals surface area contributed by atoms with Crippen LogP contribution in [-0.4, -0.2) is 31.2 Å². The maximum Gasteiger partial charge on any atom is 0.166 e. The van der Waals surface area contributed by atoms with Crippen molar-refractivity contribution in [3.8, 4) is 0 Å². The number of hydrogen-bond acceptors (Lipinski definition) is 6. The van der Waals surface area contributed by atoms with E-state index in [2.05, 4.69) is 24.1 Å². The Balaban J connectivity index is 1.84. The normalized spacial score (nSPS) is 13.5. The zero-order valence-electron chi connectivity index (χ0n) is 17.2. The molecule has 7 heteroatoms. The van der Waals surface area contributed by atoms with Crippen molar-refractivity contribution in [2.75, 3.05) is 11.9 Å². The number of aliphatic hydroxyl groups is 1. The monoisotopic (exact) mass is 402 g/mol. The summed E-state index contributed by atoms with van der Waals surface area (Å²) in [6, 6.07) is 19.7. The van der Waals surface area contributed by atoms with E-state index in [4.69, 9.17) is 15.7 Å². The third-order valence-corrected chi connectivity index (χ3v) is 5.22. The first kappa shape index (κ1) is 20.0. The molecule has 4 rings (SSSR count). The highest BCUT2D eigenvalue weighted by molar-refractivity contribution is 5.83. The van der Waals surface area contributed by atoms with Gasteiger partial charge in [0, 0.05) is 12.6 Å². The largest absolute Gasteiger partial charge is 0.394 e. The molecule has 0 saturated carbocycles. The summed E-state index contributed by atoms with van der Waals surface area (Å²) in [5, 5.41) is 13.6. The molecule has 0 spiro atoms. The first-order valence-corrected chi connectivity index (χ1v) is 10.0. The van der Waals surface area contributed by atoms with Crippen molar-refractivity contribution in [1.29, 1.82) is 0 Å². The molecule has 0 aliphatic rings. The summed E-state index contributed by atoms with van der Waals surface area (Å²) in [5.41, 5.74) is 8.67. The predicted molar refractivity (Wildman–Crippen MR) is 118 cm³/mol. The van der Waals surface area contributed by atoms with Crippen molar-refractivity contribution >= 4 is 17.0 Å². The van der Waals surface area contributed by atoms with E-state index >= 15 is 0 Å². The lowest BCUT2D eigenvalue weighted by molar-refractivity contribution is 0.217. The molecule has 0 radical (unpaired) electrons. The number of fused-ring (bicyclic) bond motifs is 1. The second-order valence-corrected chi connectivity index (χ2v) is 7.65. The number of benzene rings is 2. The number of nitrogens with two attached hydrogens (primary N) is 1. The van der Waals surface area contributed by atoms with Gasteiger partial charge >= 0.3 is 0 Å². The Bertz CT molecular complexity index is 1130. The first-order valence-electron chi connectivity index (χ1n) is 10.0. The van der Waals surface area contributed by atoms with Crippen LogP contribution in [0.4, 0.5) is 5.82 Å². The summed E-state index contributed by atoms with van der Waals surface area (Å²) < 4.78 is 1.98. The van der Waals surface area contributed by atoms with Crippen LogP contribution in [0.15, 0.2) is 67.0 Å². The fourth-order valence-corrected chi connectivity index (χ4v) is 3.43. The Labute approximate surface area is 175 Å². The molecule has 2 aromatic carbocycles. The standard InChI is InChI=1S/C23H26N6O/c1-16(2)29-15-26-19-20(25-13-17-9-5-3-6-10-17)27-22(28-21(19)29)23(24,14-30)18-11-7-4-8-12-18/h3-12,15-16,30H,13-14,24H2,1-2H3,(H,25,27,28). The van der Waals surface area contributed by atoms with Crippen LogP contribution in [0.2, 0.25) is 0 Å². The van der Waals surface area contributed by atoms with Gasteiger partial charge in [-0.1, -0.05) is 60.7 Å². The van der Waals surface area contributed by atoms with Crippen LogP contribution in [0.3, 0.4) is 0 Å². The van der Waals surface area contributed by atoms with Gasteiger partial charge in [-0.2, -0.15) is 0 Å². The number of aromatic nitrogens is 4. The summed E-state index contributed by atoms with van der Waals surface area (Å²) in [4.78, 5) is 14.0. The quantitative estimate of drug-likeness (QED) is 0.439. The molecule has 30 heavy (non-hydrogen) atoms. The van der Waals surface area contributed by atoms with Crippen molar-refractivity contribution in [1.82, 2.24) is 19.5 Å². The van der Waals surface area contributed by atoms with Crippen molar-refractivity contribution < 1.29 is 5.11 Å². The molecule has 4 aromatic rings. The van der Waals surface area contributed by atoms with E-state index in [1.165, 1.54) is 0 Å². The fourth-order valence-electron chi connectivity index (χ4n) is 3.43. The van der Waals surface area contributed by atoms with E-state index in [0.29, 0.717) is 29.4 Å². The molecule has 1 atom stereocenters. The summed E-state index contributed by atoms with van der Waals surface area (Å²) >= 11 is 0. The number of aliphatic hydroxyl groups excluding tert-OH is 1. The van der Waals surface area contributed by atoms with Crippen LogP contribution in [0, 0.1) is 0 Å². The van der Waals surface area contributed by atoms with Gasteiger partial charge in [-0.05, 0) is 25.0 Å². The topological polar surface area (TPSA) is 102 Å². The van der Waals surface area contributed by atoms with Gasteiger partial charge < -0.3 is 20.7 Å². The molecule has 7 nitrogen and oxygen atoms in total. The van der Waals surface area contributed by atoms with E-state index in [9.17, 15) is 5.11 Å². The Kier molecular flexibility index (Phi) is 5.48. The van der Waals surface area contributed by atoms with Gasteiger partial charge in [-0.15, -0.1) is 0 Å². The van der Waals surface area contributed by atoms with E-state index in [0.717, 1.165) is 11.1 Å². The molecule has 0 amide bonds. The van der Waals surface area contributed by atoms with Crippen LogP contribution in [0.5, 0.6) is 0 Å². The fraction of sp³-hybridized carbons (Fsp3) is 0.261. The van der Waals surface area contributed by atoms with Crippen LogP contribution >= 0.6 is 0 Å². The van der Waals surface area contributed by atoms with Gasteiger partial charge in [-0.25, -0.2) is 15.0 Å². The maximum absolute atomic E-state index is 10.2. The molecule has 154 valence electrons. The maximum atomic E-state index is 10.2. The van der Waals surface area contributed by atoms with E-state index in [1.54, 1.807) is 6.33 Å². The van der Waals surface area contributed by atoms with Crippen molar-refractivity contribution in [3.63, 3.8) is 0 Å².